The first kappa shape index (κ1) is 21.9. The molecule has 162 valence electrons. The van der Waals surface area contributed by atoms with Crippen molar-refractivity contribution in [1.82, 2.24) is 20.3 Å². The number of amides is 1. The van der Waals surface area contributed by atoms with E-state index in [1.165, 1.54) is 12.3 Å². The molecule has 3 heterocycles. The SMILES string of the molecule is CC[C@H](C)NC(=O)O[C@H]1CO[C@@H](c2cnc(Nc3cncc(S(N)(=O)=O)c3)nc2)C1. The summed E-state index contributed by atoms with van der Waals surface area (Å²) in [6.07, 6.45) is 6.02. The topological polar surface area (TPSA) is 158 Å². The predicted octanol–water partition coefficient (Wildman–Crippen LogP) is 1.62. The molecule has 1 amide bonds. The van der Waals surface area contributed by atoms with Gasteiger partial charge in [-0.1, -0.05) is 6.92 Å². The number of hydrogen-bond donors (Lipinski definition) is 3. The molecule has 0 spiro atoms. The number of nitrogens with two attached hydrogens (primary N) is 1. The van der Waals surface area contributed by atoms with Crippen LogP contribution in [0.2, 0.25) is 0 Å². The second-order valence-corrected chi connectivity index (χ2v) is 8.52. The lowest BCUT2D eigenvalue weighted by molar-refractivity contribution is 0.0686. The number of carbonyl (C=O) groups is 1. The number of anilines is 2. The molecule has 0 bridgehead atoms. The zero-order chi connectivity index (χ0) is 21.7. The molecule has 1 aliphatic heterocycles. The van der Waals surface area contributed by atoms with Gasteiger partial charge in [-0.15, -0.1) is 0 Å². The first-order valence-corrected chi connectivity index (χ1v) is 10.9. The molecule has 0 unspecified atom stereocenters. The van der Waals surface area contributed by atoms with Gasteiger partial charge in [0.2, 0.25) is 16.0 Å². The third kappa shape index (κ3) is 5.84. The Hall–Kier alpha value is -2.83. The van der Waals surface area contributed by atoms with E-state index in [9.17, 15) is 13.2 Å². The highest BCUT2D eigenvalue weighted by Crippen LogP contribution is 2.30. The molecular weight excluding hydrogens is 412 g/mol. The van der Waals surface area contributed by atoms with E-state index < -0.39 is 16.1 Å². The van der Waals surface area contributed by atoms with Gasteiger partial charge in [0.05, 0.1) is 24.6 Å². The van der Waals surface area contributed by atoms with Crippen LogP contribution in [0.3, 0.4) is 0 Å². The number of alkyl carbamates (subject to hydrolysis) is 1. The minimum atomic E-state index is -3.86. The van der Waals surface area contributed by atoms with Gasteiger partial charge in [-0.3, -0.25) is 4.98 Å². The largest absolute Gasteiger partial charge is 0.444 e. The molecule has 2 aromatic rings. The second-order valence-electron chi connectivity index (χ2n) is 6.96. The molecule has 0 aliphatic carbocycles. The summed E-state index contributed by atoms with van der Waals surface area (Å²) in [5.74, 6) is 0.255. The molecule has 1 aliphatic rings. The number of ether oxygens (including phenoxy) is 2. The van der Waals surface area contributed by atoms with Crippen LogP contribution < -0.4 is 15.8 Å². The van der Waals surface area contributed by atoms with Crippen molar-refractivity contribution in [2.24, 2.45) is 5.14 Å². The number of nitrogens with zero attached hydrogens (tertiary/aromatic N) is 3. The van der Waals surface area contributed by atoms with Gasteiger partial charge in [0.15, 0.2) is 0 Å². The first-order chi connectivity index (χ1) is 14.2. The van der Waals surface area contributed by atoms with Crippen LogP contribution in [-0.4, -0.2) is 48.2 Å². The predicted molar refractivity (Wildman–Crippen MR) is 107 cm³/mol. The van der Waals surface area contributed by atoms with Crippen LogP contribution in [0.15, 0.2) is 35.7 Å². The van der Waals surface area contributed by atoms with Gasteiger partial charge in [0.25, 0.3) is 0 Å². The number of sulfonamides is 1. The first-order valence-electron chi connectivity index (χ1n) is 9.40. The van der Waals surface area contributed by atoms with Gasteiger partial charge >= 0.3 is 6.09 Å². The van der Waals surface area contributed by atoms with E-state index in [1.54, 1.807) is 12.4 Å². The summed E-state index contributed by atoms with van der Waals surface area (Å²) in [6, 6.07) is 1.39. The Morgan fingerprint density at radius 2 is 2.07 bits per heavy atom. The average Bonchev–Trinajstić information content (AvgIpc) is 3.16. The molecule has 1 fully saturated rings. The van der Waals surface area contributed by atoms with Crippen LogP contribution in [-0.2, 0) is 19.5 Å². The molecule has 2 aromatic heterocycles. The fraction of sp³-hybridized carbons (Fsp3) is 0.444. The molecule has 12 heteroatoms. The summed E-state index contributed by atoms with van der Waals surface area (Å²) in [5, 5.41) is 10.7. The number of pyridine rings is 1. The summed E-state index contributed by atoms with van der Waals surface area (Å²) in [5.41, 5.74) is 1.12. The third-order valence-corrected chi connectivity index (χ3v) is 5.43. The second kappa shape index (κ2) is 9.32. The Balaban J connectivity index is 1.57. The van der Waals surface area contributed by atoms with Crippen molar-refractivity contribution in [3.8, 4) is 0 Å². The van der Waals surface area contributed by atoms with E-state index in [1.807, 2.05) is 13.8 Å². The van der Waals surface area contributed by atoms with E-state index in [0.29, 0.717) is 18.7 Å². The Morgan fingerprint density at radius 3 is 2.73 bits per heavy atom. The Kier molecular flexibility index (Phi) is 6.80. The lowest BCUT2D eigenvalue weighted by atomic mass is 10.1. The quantitative estimate of drug-likeness (QED) is 0.586. The number of aromatic nitrogens is 3. The minimum Gasteiger partial charge on any atom is -0.444 e. The number of rotatable bonds is 7. The highest BCUT2D eigenvalue weighted by molar-refractivity contribution is 7.89. The summed E-state index contributed by atoms with van der Waals surface area (Å²) < 4.78 is 33.9. The summed E-state index contributed by atoms with van der Waals surface area (Å²) in [4.78, 5) is 24.0. The van der Waals surface area contributed by atoms with Gasteiger partial charge in [-0.25, -0.2) is 28.3 Å². The van der Waals surface area contributed by atoms with E-state index >= 15 is 0 Å². The molecule has 0 radical (unpaired) electrons. The summed E-state index contributed by atoms with van der Waals surface area (Å²) in [6.45, 7) is 4.18. The monoisotopic (exact) mass is 436 g/mol. The van der Waals surface area contributed by atoms with E-state index in [-0.39, 0.29) is 29.1 Å². The van der Waals surface area contributed by atoms with Crippen molar-refractivity contribution < 1.29 is 22.7 Å². The van der Waals surface area contributed by atoms with Crippen LogP contribution in [0.4, 0.5) is 16.4 Å². The maximum absolute atomic E-state index is 11.8. The van der Waals surface area contributed by atoms with Gasteiger partial charge in [-0.05, 0) is 19.4 Å². The third-order valence-electron chi connectivity index (χ3n) is 4.55. The lowest BCUT2D eigenvalue weighted by Crippen LogP contribution is -2.35. The standard InChI is InChI=1S/C18H24N6O5S/c1-3-11(2)23-18(25)29-14-5-16(28-10-14)12-6-21-17(22-7-12)24-13-4-15(9-20-8-13)30(19,26)27/h4,6-9,11,14,16H,3,5,10H2,1-2H3,(H,23,25)(H2,19,26,27)(H,21,22,24)/t11-,14+,16+/m0/s1. The summed E-state index contributed by atoms with van der Waals surface area (Å²) >= 11 is 0. The minimum absolute atomic E-state index is 0.0462. The van der Waals surface area contributed by atoms with Crippen molar-refractivity contribution in [2.45, 2.75) is 49.8 Å². The van der Waals surface area contributed by atoms with Crippen LogP contribution in [0.25, 0.3) is 0 Å². The summed E-state index contributed by atoms with van der Waals surface area (Å²) in [7, 11) is -3.86. The maximum Gasteiger partial charge on any atom is 0.407 e. The molecular formula is C18H24N6O5S. The highest BCUT2D eigenvalue weighted by atomic mass is 32.2. The van der Waals surface area contributed by atoms with E-state index in [4.69, 9.17) is 14.6 Å². The molecule has 1 saturated heterocycles. The number of carbonyl (C=O) groups excluding carboxylic acids is 1. The van der Waals surface area contributed by atoms with Crippen molar-refractivity contribution in [3.63, 3.8) is 0 Å². The number of primary sulfonamides is 1. The van der Waals surface area contributed by atoms with Crippen molar-refractivity contribution >= 4 is 27.8 Å². The molecule has 3 atom stereocenters. The molecule has 0 aromatic carbocycles. The fourth-order valence-electron chi connectivity index (χ4n) is 2.74. The number of hydrogen-bond acceptors (Lipinski definition) is 9. The van der Waals surface area contributed by atoms with Crippen molar-refractivity contribution in [2.75, 3.05) is 11.9 Å². The maximum atomic E-state index is 11.8. The zero-order valence-corrected chi connectivity index (χ0v) is 17.4. The van der Waals surface area contributed by atoms with E-state index in [0.717, 1.165) is 18.2 Å². The van der Waals surface area contributed by atoms with Crippen molar-refractivity contribution in [1.29, 1.82) is 0 Å². The van der Waals surface area contributed by atoms with Gasteiger partial charge in [0, 0.05) is 36.6 Å². The number of nitrogens with one attached hydrogen (secondary N) is 2. The Labute approximate surface area is 174 Å². The fourth-order valence-corrected chi connectivity index (χ4v) is 3.24. The molecule has 3 rings (SSSR count). The van der Waals surface area contributed by atoms with Crippen LogP contribution >= 0.6 is 0 Å². The van der Waals surface area contributed by atoms with Crippen molar-refractivity contribution in [3.05, 3.63) is 36.4 Å². The Bertz CT molecular complexity index is 985. The normalized spacial score (nSPS) is 19.8. The van der Waals surface area contributed by atoms with Gasteiger partial charge in [0.1, 0.15) is 11.0 Å². The van der Waals surface area contributed by atoms with E-state index in [2.05, 4.69) is 25.6 Å². The average molecular weight is 436 g/mol. The zero-order valence-electron chi connectivity index (χ0n) is 16.6. The Morgan fingerprint density at radius 1 is 1.33 bits per heavy atom. The molecule has 11 nitrogen and oxygen atoms in total. The molecule has 4 N–H and O–H groups in total. The lowest BCUT2D eigenvalue weighted by Gasteiger charge is -2.15. The highest BCUT2D eigenvalue weighted by Gasteiger charge is 2.30. The van der Waals surface area contributed by atoms with Crippen LogP contribution in [0.1, 0.15) is 38.4 Å². The smallest absolute Gasteiger partial charge is 0.407 e. The van der Waals surface area contributed by atoms with Gasteiger partial charge < -0.3 is 20.1 Å². The van der Waals surface area contributed by atoms with Crippen LogP contribution in [0, 0.1) is 0 Å². The molecule has 0 saturated carbocycles. The van der Waals surface area contributed by atoms with Gasteiger partial charge in [-0.2, -0.15) is 0 Å². The van der Waals surface area contributed by atoms with Crippen LogP contribution in [0.5, 0.6) is 0 Å². The molecule has 30 heavy (non-hydrogen) atoms.